The molecule has 1 aliphatic carbocycles. The Morgan fingerprint density at radius 2 is 1.84 bits per heavy atom. The molecule has 2 rings (SSSR count). The predicted octanol–water partition coefficient (Wildman–Crippen LogP) is 4.33. The first kappa shape index (κ1) is 14.8. The molecule has 3 heteroatoms. The van der Waals surface area contributed by atoms with E-state index in [9.17, 15) is 4.79 Å². The standard InChI is InChI=1S/C16H22INO/c1-16(2)10-8-12(9-11-16)18(3)15(19)13-6-4-5-7-14(13)17/h4-7,12H,8-11H2,1-3H3. The minimum atomic E-state index is 0.162. The monoisotopic (exact) mass is 371 g/mol. The van der Waals surface area contributed by atoms with Crippen molar-refractivity contribution in [2.45, 2.75) is 45.6 Å². The number of rotatable bonds is 2. The molecule has 1 aliphatic rings. The zero-order chi connectivity index (χ0) is 14.0. The van der Waals surface area contributed by atoms with E-state index >= 15 is 0 Å². The Kier molecular flexibility index (Phi) is 4.54. The van der Waals surface area contributed by atoms with E-state index in [2.05, 4.69) is 36.4 Å². The van der Waals surface area contributed by atoms with Gasteiger partial charge < -0.3 is 4.90 Å². The molecule has 1 aromatic carbocycles. The second-order valence-corrected chi connectivity index (χ2v) is 7.45. The van der Waals surface area contributed by atoms with Crippen molar-refractivity contribution in [2.24, 2.45) is 5.41 Å². The Morgan fingerprint density at radius 1 is 1.26 bits per heavy atom. The lowest BCUT2D eigenvalue weighted by Gasteiger charge is -2.38. The van der Waals surface area contributed by atoms with Gasteiger partial charge in [0.15, 0.2) is 0 Å². The van der Waals surface area contributed by atoms with Gasteiger partial charge in [0.25, 0.3) is 5.91 Å². The summed E-state index contributed by atoms with van der Waals surface area (Å²) >= 11 is 2.24. The van der Waals surface area contributed by atoms with Crippen LogP contribution in [0, 0.1) is 8.99 Å². The number of benzene rings is 1. The highest BCUT2D eigenvalue weighted by molar-refractivity contribution is 14.1. The van der Waals surface area contributed by atoms with Crippen molar-refractivity contribution in [1.29, 1.82) is 0 Å². The Morgan fingerprint density at radius 3 is 2.42 bits per heavy atom. The lowest BCUT2D eigenvalue weighted by molar-refractivity contribution is 0.0634. The van der Waals surface area contributed by atoms with E-state index in [1.54, 1.807) is 0 Å². The van der Waals surface area contributed by atoms with E-state index in [0.717, 1.165) is 22.0 Å². The van der Waals surface area contributed by atoms with Gasteiger partial charge in [-0.2, -0.15) is 0 Å². The summed E-state index contributed by atoms with van der Waals surface area (Å²) in [4.78, 5) is 14.5. The van der Waals surface area contributed by atoms with E-state index in [1.165, 1.54) is 12.8 Å². The van der Waals surface area contributed by atoms with Gasteiger partial charge in [0.1, 0.15) is 0 Å². The number of carbonyl (C=O) groups excluding carboxylic acids is 1. The third-order valence-electron chi connectivity index (χ3n) is 4.28. The van der Waals surface area contributed by atoms with Gasteiger partial charge in [-0.3, -0.25) is 4.79 Å². The van der Waals surface area contributed by atoms with E-state index in [0.29, 0.717) is 11.5 Å². The van der Waals surface area contributed by atoms with Gasteiger partial charge in [0, 0.05) is 16.7 Å². The van der Waals surface area contributed by atoms with Crippen LogP contribution in [0.5, 0.6) is 0 Å². The molecular weight excluding hydrogens is 349 g/mol. The number of hydrogen-bond acceptors (Lipinski definition) is 1. The molecule has 0 N–H and O–H groups in total. The lowest BCUT2D eigenvalue weighted by atomic mass is 9.75. The molecule has 0 saturated heterocycles. The summed E-state index contributed by atoms with van der Waals surface area (Å²) in [7, 11) is 1.95. The van der Waals surface area contributed by atoms with Crippen molar-refractivity contribution in [3.05, 3.63) is 33.4 Å². The van der Waals surface area contributed by atoms with Crippen LogP contribution in [-0.4, -0.2) is 23.9 Å². The van der Waals surface area contributed by atoms with Gasteiger partial charge in [-0.15, -0.1) is 0 Å². The van der Waals surface area contributed by atoms with Crippen molar-refractivity contribution in [2.75, 3.05) is 7.05 Å². The molecule has 1 saturated carbocycles. The first-order chi connectivity index (χ1) is 8.91. The summed E-state index contributed by atoms with van der Waals surface area (Å²) in [6.45, 7) is 4.65. The van der Waals surface area contributed by atoms with Crippen LogP contribution in [0.4, 0.5) is 0 Å². The fourth-order valence-electron chi connectivity index (χ4n) is 2.76. The summed E-state index contributed by atoms with van der Waals surface area (Å²) in [6.07, 6.45) is 4.67. The molecule has 0 aromatic heterocycles. The first-order valence-electron chi connectivity index (χ1n) is 6.92. The first-order valence-corrected chi connectivity index (χ1v) is 8.00. The molecule has 19 heavy (non-hydrogen) atoms. The third-order valence-corrected chi connectivity index (χ3v) is 5.22. The van der Waals surface area contributed by atoms with Crippen LogP contribution in [0.2, 0.25) is 0 Å². The van der Waals surface area contributed by atoms with Crippen LogP contribution in [0.1, 0.15) is 49.9 Å². The van der Waals surface area contributed by atoms with Gasteiger partial charge in [-0.1, -0.05) is 26.0 Å². The molecule has 0 bridgehead atoms. The molecule has 2 nitrogen and oxygen atoms in total. The molecule has 0 radical (unpaired) electrons. The summed E-state index contributed by atoms with van der Waals surface area (Å²) in [5.41, 5.74) is 1.28. The highest BCUT2D eigenvalue weighted by atomic mass is 127. The number of carbonyl (C=O) groups is 1. The van der Waals surface area contributed by atoms with Crippen molar-refractivity contribution in [3.63, 3.8) is 0 Å². The number of hydrogen-bond donors (Lipinski definition) is 0. The smallest absolute Gasteiger partial charge is 0.254 e. The SMILES string of the molecule is CN(C(=O)c1ccccc1I)C1CCC(C)(C)CC1. The topological polar surface area (TPSA) is 20.3 Å². The van der Waals surface area contributed by atoms with Crippen molar-refractivity contribution >= 4 is 28.5 Å². The predicted molar refractivity (Wildman–Crippen MR) is 87.3 cm³/mol. The van der Waals surface area contributed by atoms with Crippen LogP contribution in [-0.2, 0) is 0 Å². The van der Waals surface area contributed by atoms with Crippen molar-refractivity contribution in [3.8, 4) is 0 Å². The molecule has 0 heterocycles. The number of amides is 1. The zero-order valence-electron chi connectivity index (χ0n) is 11.9. The van der Waals surface area contributed by atoms with Gasteiger partial charge in [-0.25, -0.2) is 0 Å². The largest absolute Gasteiger partial charge is 0.339 e. The molecule has 0 spiro atoms. The normalized spacial score (nSPS) is 19.2. The molecule has 0 aliphatic heterocycles. The zero-order valence-corrected chi connectivity index (χ0v) is 14.1. The second-order valence-electron chi connectivity index (χ2n) is 6.29. The maximum atomic E-state index is 12.5. The molecule has 1 aromatic rings. The van der Waals surface area contributed by atoms with Crippen LogP contribution in [0.3, 0.4) is 0 Å². The van der Waals surface area contributed by atoms with Gasteiger partial charge in [0.2, 0.25) is 0 Å². The van der Waals surface area contributed by atoms with Crippen LogP contribution in [0.25, 0.3) is 0 Å². The van der Waals surface area contributed by atoms with E-state index in [-0.39, 0.29) is 5.91 Å². The van der Waals surface area contributed by atoms with Gasteiger partial charge in [-0.05, 0) is 65.8 Å². The minimum Gasteiger partial charge on any atom is -0.339 e. The second kappa shape index (κ2) is 5.81. The molecular formula is C16H22INO. The Bertz CT molecular complexity index is 460. The highest BCUT2D eigenvalue weighted by Crippen LogP contribution is 2.36. The molecule has 1 fully saturated rings. The Hall–Kier alpha value is -0.580. The summed E-state index contributed by atoms with van der Waals surface area (Å²) < 4.78 is 1.04. The van der Waals surface area contributed by atoms with E-state index in [1.807, 2.05) is 36.2 Å². The minimum absolute atomic E-state index is 0.162. The number of nitrogens with zero attached hydrogens (tertiary/aromatic N) is 1. The van der Waals surface area contributed by atoms with Gasteiger partial charge in [0.05, 0.1) is 5.56 Å². The summed E-state index contributed by atoms with van der Waals surface area (Å²) in [5.74, 6) is 0.162. The summed E-state index contributed by atoms with van der Waals surface area (Å²) in [6, 6.07) is 8.23. The summed E-state index contributed by atoms with van der Waals surface area (Å²) in [5, 5.41) is 0. The van der Waals surface area contributed by atoms with Crippen molar-refractivity contribution in [1.82, 2.24) is 4.90 Å². The van der Waals surface area contributed by atoms with Gasteiger partial charge >= 0.3 is 0 Å². The lowest BCUT2D eigenvalue weighted by Crippen LogP contribution is -2.41. The maximum Gasteiger partial charge on any atom is 0.254 e. The maximum absolute atomic E-state index is 12.5. The average molecular weight is 371 g/mol. The average Bonchev–Trinajstić information content (AvgIpc) is 2.38. The molecule has 104 valence electrons. The fourth-order valence-corrected chi connectivity index (χ4v) is 3.38. The fraction of sp³-hybridized carbons (Fsp3) is 0.562. The van der Waals surface area contributed by atoms with Crippen LogP contribution >= 0.6 is 22.6 Å². The molecule has 0 unspecified atom stereocenters. The van der Waals surface area contributed by atoms with Crippen LogP contribution in [0.15, 0.2) is 24.3 Å². The molecule has 0 atom stereocenters. The third kappa shape index (κ3) is 3.50. The highest BCUT2D eigenvalue weighted by Gasteiger charge is 2.31. The number of halogens is 1. The molecule has 1 amide bonds. The van der Waals surface area contributed by atoms with Crippen molar-refractivity contribution < 1.29 is 4.79 Å². The van der Waals surface area contributed by atoms with E-state index < -0.39 is 0 Å². The van der Waals surface area contributed by atoms with E-state index in [4.69, 9.17) is 0 Å². The Labute approximate surface area is 129 Å². The Balaban J connectivity index is 2.06. The quantitative estimate of drug-likeness (QED) is 0.709. The van der Waals surface area contributed by atoms with Crippen LogP contribution < -0.4 is 0 Å².